The summed E-state index contributed by atoms with van der Waals surface area (Å²) in [6.45, 7) is 0.158. The first-order valence-corrected chi connectivity index (χ1v) is 13.5. The Morgan fingerprint density at radius 3 is 1.66 bits per heavy atom. The Hall–Kier alpha value is -1.03. The van der Waals surface area contributed by atoms with E-state index >= 15 is 0 Å². The number of carbonyl (C=O) groups excluding carboxylic acids is 1. The summed E-state index contributed by atoms with van der Waals surface area (Å²) in [5.74, 6) is -0.720. The molecule has 0 aliphatic heterocycles. The number of hydrogen-bond acceptors (Lipinski definition) is 8. The van der Waals surface area contributed by atoms with Crippen LogP contribution in [0, 0.1) is 5.41 Å². The van der Waals surface area contributed by atoms with Gasteiger partial charge in [0.1, 0.15) is 12.7 Å². The van der Waals surface area contributed by atoms with E-state index < -0.39 is 56.1 Å². The number of carbonyl (C=O) groups is 1. The van der Waals surface area contributed by atoms with Gasteiger partial charge in [-0.05, 0) is 44.9 Å². The van der Waals surface area contributed by atoms with Crippen LogP contribution in [0.3, 0.4) is 0 Å². The Kier molecular flexibility index (Phi) is 21.5. The molecule has 35 heavy (non-hydrogen) atoms. The van der Waals surface area contributed by atoms with Crippen molar-refractivity contribution in [3.63, 3.8) is 0 Å². The zero-order valence-corrected chi connectivity index (χ0v) is 21.8. The second-order valence-corrected chi connectivity index (χ2v) is 9.78. The van der Waals surface area contributed by atoms with Crippen LogP contribution in [-0.2, 0) is 9.53 Å². The van der Waals surface area contributed by atoms with Crippen LogP contribution in [0.4, 0.5) is 0 Å². The molecule has 8 heteroatoms. The quantitative estimate of drug-likeness (QED) is 0.0668. The number of aliphatic hydroxyl groups is 6. The second kappa shape index (κ2) is 22.2. The van der Waals surface area contributed by atoms with Gasteiger partial charge in [-0.25, -0.2) is 0 Å². The molecule has 6 N–H and O–H groups in total. The highest BCUT2D eigenvalue weighted by molar-refractivity contribution is 5.77. The van der Waals surface area contributed by atoms with Gasteiger partial charge in [-0.2, -0.15) is 0 Å². The fourth-order valence-electron chi connectivity index (χ4n) is 4.32. The molecule has 0 saturated heterocycles. The largest absolute Gasteiger partial charge is 0.462 e. The smallest absolute Gasteiger partial charge is 0.312 e. The SMILES string of the molecule is CCCCCCCC/C=C\CCCCCCC(CC(O)CO)(CC(O)CO)C(=O)OCC(O)CO. The standard InChI is InChI=1S/C27H52O8/c1-2-3-4-5-6-7-8-9-10-11-12-13-14-15-16-27(17-23(31)19-28,18-24(32)20-29)26(34)35-22-25(33)21-30/h9-10,23-25,28-33H,2-8,11-22H2,1H3/b10-9-. The van der Waals surface area contributed by atoms with Crippen molar-refractivity contribution in [1.82, 2.24) is 0 Å². The normalized spacial score (nSPS) is 16.2. The van der Waals surface area contributed by atoms with Gasteiger partial charge < -0.3 is 35.4 Å². The van der Waals surface area contributed by atoms with Gasteiger partial charge in [0.05, 0.1) is 37.4 Å². The van der Waals surface area contributed by atoms with Crippen LogP contribution >= 0.6 is 0 Å². The highest BCUT2D eigenvalue weighted by Gasteiger charge is 2.42. The minimum atomic E-state index is -1.31. The Bertz CT molecular complexity index is 513. The van der Waals surface area contributed by atoms with Crippen molar-refractivity contribution in [3.8, 4) is 0 Å². The Balaban J connectivity index is 4.61. The topological polar surface area (TPSA) is 148 Å². The monoisotopic (exact) mass is 504 g/mol. The zero-order chi connectivity index (χ0) is 26.4. The summed E-state index contributed by atoms with van der Waals surface area (Å²) < 4.78 is 5.18. The van der Waals surface area contributed by atoms with Gasteiger partial charge in [-0.15, -0.1) is 0 Å². The number of aliphatic hydroxyl groups excluding tert-OH is 6. The number of ether oxygens (including phenoxy) is 1. The van der Waals surface area contributed by atoms with E-state index in [9.17, 15) is 30.3 Å². The van der Waals surface area contributed by atoms with Crippen LogP contribution < -0.4 is 0 Å². The van der Waals surface area contributed by atoms with E-state index in [-0.39, 0.29) is 12.8 Å². The molecule has 208 valence electrons. The summed E-state index contributed by atoms with van der Waals surface area (Å²) in [5.41, 5.74) is -1.31. The molecular formula is C27H52O8. The maximum absolute atomic E-state index is 12.9. The molecule has 0 aromatic carbocycles. The molecule has 0 spiro atoms. The van der Waals surface area contributed by atoms with Crippen LogP contribution in [0.15, 0.2) is 12.2 Å². The molecule has 3 unspecified atom stereocenters. The van der Waals surface area contributed by atoms with Gasteiger partial charge in [0.15, 0.2) is 0 Å². The van der Waals surface area contributed by atoms with Gasteiger partial charge >= 0.3 is 5.97 Å². The van der Waals surface area contributed by atoms with Crippen molar-refractivity contribution in [1.29, 1.82) is 0 Å². The fourth-order valence-corrected chi connectivity index (χ4v) is 4.32. The summed E-state index contributed by atoms with van der Waals surface area (Å²) in [6.07, 6.45) is 14.4. The lowest BCUT2D eigenvalue weighted by Crippen LogP contribution is -2.42. The van der Waals surface area contributed by atoms with Crippen LogP contribution in [0.25, 0.3) is 0 Å². The lowest BCUT2D eigenvalue weighted by atomic mass is 9.73. The van der Waals surface area contributed by atoms with Crippen molar-refractivity contribution < 1.29 is 40.2 Å². The summed E-state index contributed by atoms with van der Waals surface area (Å²) >= 11 is 0. The van der Waals surface area contributed by atoms with Gasteiger partial charge in [0.25, 0.3) is 0 Å². The molecule has 0 bridgehead atoms. The molecule has 0 aliphatic carbocycles. The summed E-state index contributed by atoms with van der Waals surface area (Å²) in [4.78, 5) is 12.9. The van der Waals surface area contributed by atoms with Crippen LogP contribution in [0.5, 0.6) is 0 Å². The Labute approximate surface area is 212 Å². The third kappa shape index (κ3) is 17.1. The molecule has 0 aliphatic rings. The van der Waals surface area contributed by atoms with Crippen LogP contribution in [0.1, 0.15) is 103 Å². The second-order valence-electron chi connectivity index (χ2n) is 9.78. The van der Waals surface area contributed by atoms with Gasteiger partial charge in [0.2, 0.25) is 0 Å². The molecule has 0 saturated carbocycles. The fraction of sp³-hybridized carbons (Fsp3) is 0.889. The van der Waals surface area contributed by atoms with E-state index in [4.69, 9.17) is 9.84 Å². The molecule has 0 radical (unpaired) electrons. The highest BCUT2D eigenvalue weighted by Crippen LogP contribution is 2.37. The van der Waals surface area contributed by atoms with E-state index in [1.165, 1.54) is 38.5 Å². The molecule has 0 aromatic heterocycles. The van der Waals surface area contributed by atoms with E-state index in [1.807, 2.05) is 0 Å². The first-order chi connectivity index (χ1) is 16.8. The van der Waals surface area contributed by atoms with Crippen molar-refractivity contribution in [2.75, 3.05) is 26.4 Å². The summed E-state index contributed by atoms with van der Waals surface area (Å²) in [7, 11) is 0. The Morgan fingerprint density at radius 2 is 1.17 bits per heavy atom. The van der Waals surface area contributed by atoms with E-state index in [2.05, 4.69) is 19.1 Å². The van der Waals surface area contributed by atoms with Gasteiger partial charge in [0, 0.05) is 0 Å². The van der Waals surface area contributed by atoms with Crippen molar-refractivity contribution in [2.24, 2.45) is 5.41 Å². The number of hydrogen-bond donors (Lipinski definition) is 6. The van der Waals surface area contributed by atoms with Crippen molar-refractivity contribution in [2.45, 2.75) is 122 Å². The van der Waals surface area contributed by atoms with Gasteiger partial charge in [-0.3, -0.25) is 4.79 Å². The maximum atomic E-state index is 12.9. The molecular weight excluding hydrogens is 452 g/mol. The van der Waals surface area contributed by atoms with Crippen molar-refractivity contribution >= 4 is 5.97 Å². The summed E-state index contributed by atoms with van der Waals surface area (Å²) in [6, 6.07) is 0. The van der Waals surface area contributed by atoms with E-state index in [0.717, 1.165) is 32.1 Å². The van der Waals surface area contributed by atoms with Crippen LogP contribution in [-0.4, -0.2) is 81.3 Å². The molecule has 8 nitrogen and oxygen atoms in total. The first-order valence-electron chi connectivity index (χ1n) is 13.5. The number of unbranched alkanes of at least 4 members (excludes halogenated alkanes) is 10. The Morgan fingerprint density at radius 1 is 0.714 bits per heavy atom. The predicted molar refractivity (Wildman–Crippen MR) is 137 cm³/mol. The zero-order valence-electron chi connectivity index (χ0n) is 21.8. The first kappa shape index (κ1) is 34.0. The van der Waals surface area contributed by atoms with Gasteiger partial charge in [-0.1, -0.05) is 70.4 Å². The average Bonchev–Trinajstić information content (AvgIpc) is 2.86. The van der Waals surface area contributed by atoms with E-state index in [1.54, 1.807) is 0 Å². The number of esters is 1. The molecule has 0 amide bonds. The summed E-state index contributed by atoms with van der Waals surface area (Å²) in [5, 5.41) is 57.3. The predicted octanol–water partition coefficient (Wildman–Crippen LogP) is 3.00. The molecule has 3 atom stereocenters. The third-order valence-electron chi connectivity index (χ3n) is 6.39. The van der Waals surface area contributed by atoms with Crippen molar-refractivity contribution in [3.05, 3.63) is 12.2 Å². The van der Waals surface area contributed by atoms with Crippen LogP contribution in [0.2, 0.25) is 0 Å². The number of rotatable bonds is 24. The third-order valence-corrected chi connectivity index (χ3v) is 6.39. The lowest BCUT2D eigenvalue weighted by molar-refractivity contribution is -0.165. The molecule has 0 aromatic rings. The van der Waals surface area contributed by atoms with E-state index in [0.29, 0.717) is 12.8 Å². The number of allylic oxidation sites excluding steroid dienone is 2. The lowest BCUT2D eigenvalue weighted by Gasteiger charge is -2.34. The molecule has 0 rings (SSSR count). The minimum absolute atomic E-state index is 0.129. The maximum Gasteiger partial charge on any atom is 0.312 e. The highest BCUT2D eigenvalue weighted by atomic mass is 16.5. The molecule has 0 heterocycles. The molecule has 0 fully saturated rings. The minimum Gasteiger partial charge on any atom is -0.462 e. The average molecular weight is 505 g/mol.